The average Bonchev–Trinajstić information content (AvgIpc) is 3.94. The molecule has 0 spiro atoms. The van der Waals surface area contributed by atoms with E-state index in [0.717, 1.165) is 22.4 Å². The lowest BCUT2D eigenvalue weighted by atomic mass is 9.94. The lowest BCUT2D eigenvalue weighted by Crippen LogP contribution is -2.30. The number of benzene rings is 2. The normalized spacial score (nSPS) is 12.8. The van der Waals surface area contributed by atoms with Crippen LogP contribution in [-0.4, -0.2) is 91.2 Å². The van der Waals surface area contributed by atoms with Crippen LogP contribution in [0, 0.1) is 11.6 Å². The van der Waals surface area contributed by atoms with Crippen molar-refractivity contribution in [3.63, 3.8) is 0 Å². The van der Waals surface area contributed by atoms with Gasteiger partial charge in [-0.15, -0.1) is 15.3 Å². The Bertz CT molecular complexity index is 2100. The zero-order valence-electron chi connectivity index (χ0n) is 32.4. The van der Waals surface area contributed by atoms with Crippen LogP contribution in [0.25, 0.3) is 11.5 Å². The van der Waals surface area contributed by atoms with Crippen LogP contribution in [0.3, 0.4) is 0 Å². The van der Waals surface area contributed by atoms with Crippen LogP contribution >= 0.6 is 0 Å². The van der Waals surface area contributed by atoms with E-state index in [0.29, 0.717) is 49.7 Å². The number of amides is 2. The summed E-state index contributed by atoms with van der Waals surface area (Å²) in [5, 5.41) is 18.2. The highest BCUT2D eigenvalue weighted by Gasteiger charge is 2.21. The molecule has 2 atom stereocenters. The van der Waals surface area contributed by atoms with Crippen LogP contribution in [0.4, 0.5) is 17.6 Å². The Kier molecular flexibility index (Phi) is 16.1. The minimum atomic E-state index is -2.86. The maximum Gasteiger partial charge on any atom is 0.314 e. The molecular weight excluding hydrogens is 746 g/mol. The molecule has 3 aromatic heterocycles. The molecule has 57 heavy (non-hydrogen) atoms. The summed E-state index contributed by atoms with van der Waals surface area (Å²) in [6.07, 6.45) is 4.27. The highest BCUT2D eigenvalue weighted by Crippen LogP contribution is 2.25. The maximum absolute atomic E-state index is 13.3. The first-order valence-electron chi connectivity index (χ1n) is 18.0. The van der Waals surface area contributed by atoms with Gasteiger partial charge in [-0.2, -0.15) is 13.9 Å². The van der Waals surface area contributed by atoms with Crippen LogP contribution in [0.5, 0.6) is 0 Å². The molecule has 2 amide bonds. The number of hydrogen-bond donors (Lipinski definition) is 0. The van der Waals surface area contributed by atoms with E-state index in [1.165, 1.54) is 57.9 Å². The number of nitrogens with zero attached hydrogens (tertiary/aromatic N) is 11. The molecule has 1 aliphatic heterocycles. The third kappa shape index (κ3) is 12.9. The number of hydrogen-bond acceptors (Lipinski definition) is 12. The minimum Gasteiger partial charge on any atom is -0.415 e. The standard InChI is InChI=1S/C19H18F3N5O2.C18H19FN6O.2CH4/c1-11(28)27(2)10-13(12-3-5-15(20)6-4-12)7-16-23-8-14(9-24-16)18-25-26-19(29-18)17(21)22;1-12(26)25(2)11-14(13-3-5-16(19)6-4-13)7-18-20-8-15(9-21-18)17-10-22-24-23-17;;/h3-6,8-9,13,17H,7,10H2,1-2H3;3-6,8-9,14H,7,10-11H2,1-2H3;2*1H4/i;;1T;. The molecule has 2 unspecified atom stereocenters. The van der Waals surface area contributed by atoms with Gasteiger partial charge in [0.2, 0.25) is 11.8 Å². The fraction of sp³-hybridized carbons (Fsp3) is 0.359. The van der Waals surface area contributed by atoms with Gasteiger partial charge in [-0.25, -0.2) is 28.7 Å². The smallest absolute Gasteiger partial charge is 0.314 e. The summed E-state index contributed by atoms with van der Waals surface area (Å²) in [5.41, 5.74) is 3.61. The third-order valence-corrected chi connectivity index (χ3v) is 8.67. The van der Waals surface area contributed by atoms with E-state index in [1.807, 2.05) is 0 Å². The van der Waals surface area contributed by atoms with E-state index in [-0.39, 0.29) is 48.6 Å². The highest BCUT2D eigenvalue weighted by atomic mass is 19.3. The molecule has 0 bridgehead atoms. The van der Waals surface area contributed by atoms with Crippen molar-refractivity contribution in [1.82, 2.24) is 39.9 Å². The predicted molar refractivity (Wildman–Crippen MR) is 204 cm³/mol. The largest absolute Gasteiger partial charge is 0.415 e. The Labute approximate surface area is 329 Å². The summed E-state index contributed by atoms with van der Waals surface area (Å²) in [6.45, 7) is 4.31. The Morgan fingerprint density at radius 3 is 1.54 bits per heavy atom. The highest BCUT2D eigenvalue weighted by molar-refractivity contribution is 6.02. The van der Waals surface area contributed by atoms with Gasteiger partial charge in [0.1, 0.15) is 29.8 Å². The number of halogens is 4. The van der Waals surface area contributed by atoms with Crippen LogP contribution in [0.2, 0.25) is 0 Å². The van der Waals surface area contributed by atoms with Crippen LogP contribution in [0.15, 0.2) is 93.2 Å². The molecule has 0 N–H and O–H groups in total. The molecule has 5 aromatic rings. The van der Waals surface area contributed by atoms with Crippen molar-refractivity contribution in [2.45, 2.75) is 59.8 Å². The van der Waals surface area contributed by atoms with Crippen molar-refractivity contribution < 1.29 is 32.9 Å². The third-order valence-electron chi connectivity index (χ3n) is 8.67. The summed E-state index contributed by atoms with van der Waals surface area (Å²) in [5.74, 6) is -0.725. The molecule has 18 heteroatoms. The van der Waals surface area contributed by atoms with Gasteiger partial charge < -0.3 is 14.2 Å². The lowest BCUT2D eigenvalue weighted by molar-refractivity contribution is -0.128. The van der Waals surface area contributed by atoms with Crippen molar-refractivity contribution in [3.05, 3.63) is 119 Å². The molecule has 1 aliphatic rings. The number of aromatic nitrogens is 6. The van der Waals surface area contributed by atoms with Crippen molar-refractivity contribution in [3.8, 4) is 11.5 Å². The van der Waals surface area contributed by atoms with Gasteiger partial charge in [-0.3, -0.25) is 9.59 Å². The number of alkyl halides is 2. The van der Waals surface area contributed by atoms with Gasteiger partial charge >= 0.3 is 6.43 Å². The van der Waals surface area contributed by atoms with Crippen molar-refractivity contribution in [2.24, 2.45) is 15.4 Å². The Hall–Kier alpha value is -6.33. The van der Waals surface area contributed by atoms with E-state index in [4.69, 9.17) is 5.79 Å². The van der Waals surface area contributed by atoms with E-state index >= 15 is 0 Å². The summed E-state index contributed by atoms with van der Waals surface area (Å²) in [6, 6.07) is 12.3. The van der Waals surface area contributed by atoms with Gasteiger partial charge in [0.15, 0.2) is 0 Å². The van der Waals surface area contributed by atoms with Crippen molar-refractivity contribution in [2.75, 3.05) is 33.7 Å². The molecule has 0 aliphatic carbocycles. The number of carbonyl (C=O) groups is 2. The molecule has 14 nitrogen and oxygen atoms in total. The van der Waals surface area contributed by atoms with Crippen molar-refractivity contribution >= 4 is 17.5 Å². The fourth-order valence-corrected chi connectivity index (χ4v) is 5.39. The topological polar surface area (TPSA) is 168 Å². The van der Waals surface area contributed by atoms with E-state index in [1.54, 1.807) is 60.6 Å². The van der Waals surface area contributed by atoms with Gasteiger partial charge in [-0.05, 0) is 40.6 Å². The molecule has 6 rings (SSSR count). The van der Waals surface area contributed by atoms with E-state index in [2.05, 4.69) is 45.6 Å². The predicted octanol–water partition coefficient (Wildman–Crippen LogP) is 7.27. The van der Waals surface area contributed by atoms with Crippen LogP contribution < -0.4 is 0 Å². The van der Waals surface area contributed by atoms with Gasteiger partial charge in [-0.1, -0.05) is 39.1 Å². The van der Waals surface area contributed by atoms with E-state index in [9.17, 15) is 27.2 Å². The van der Waals surface area contributed by atoms with Crippen LogP contribution in [0.1, 0.15) is 82.5 Å². The second-order valence-corrected chi connectivity index (χ2v) is 12.7. The summed E-state index contributed by atoms with van der Waals surface area (Å²) in [7, 11) is 4.67. The second-order valence-electron chi connectivity index (χ2n) is 12.7. The molecular formula is C39H45F4N11O3. The Balaban J connectivity index is 0.000000294. The lowest BCUT2D eigenvalue weighted by Gasteiger charge is -2.23. The number of rotatable bonds is 13. The van der Waals surface area contributed by atoms with Crippen molar-refractivity contribution in [1.29, 1.82) is 0 Å². The first kappa shape index (κ1) is 43.4. The Morgan fingerprint density at radius 1 is 0.737 bits per heavy atom. The number of carbonyl (C=O) groups excluding carboxylic acids is 2. The second kappa shape index (κ2) is 21.1. The zero-order chi connectivity index (χ0) is 41.5. The van der Waals surface area contributed by atoms with Gasteiger partial charge in [0.05, 0.1) is 11.3 Å². The van der Waals surface area contributed by atoms with Gasteiger partial charge in [0, 0.05) is 97.4 Å². The quantitative estimate of drug-likeness (QED) is 0.111. The molecule has 0 saturated heterocycles. The maximum atomic E-state index is 13.3. The van der Waals surface area contributed by atoms with Crippen LogP contribution in [-0.2, 0) is 22.4 Å². The summed E-state index contributed by atoms with van der Waals surface area (Å²) < 4.78 is 62.3. The monoisotopic (exact) mass is 793 g/mol. The first-order valence-corrected chi connectivity index (χ1v) is 17.0. The summed E-state index contributed by atoms with van der Waals surface area (Å²) >= 11 is 0. The number of likely N-dealkylation sites (N-methyl/N-ethyl adjacent to an activating group) is 2. The Morgan fingerprint density at radius 2 is 1.18 bits per heavy atom. The molecule has 2 aromatic carbocycles. The SMILES string of the molecule is C.CC(=O)N(C)CC(Cc1ncc(-c2nnc(C(F)F)o2)cn1)c1ccc(F)cc1.CC(=O)N(C)CC(Cc1ncc(C2=NN=NC2)cn1)c1ccc(F)cc1.[3H]C. The molecule has 302 valence electrons. The molecule has 4 heterocycles. The average molecular weight is 794 g/mol. The minimum absolute atomic E-state index is 0. The fourth-order valence-electron chi connectivity index (χ4n) is 5.39. The first-order chi connectivity index (χ1) is 27.4. The van der Waals surface area contributed by atoms with E-state index < -0.39 is 12.3 Å². The van der Waals surface area contributed by atoms with Gasteiger partial charge in [0.25, 0.3) is 11.8 Å². The molecule has 0 saturated carbocycles. The zero-order valence-corrected chi connectivity index (χ0v) is 31.4. The molecule has 0 fully saturated rings. The summed E-state index contributed by atoms with van der Waals surface area (Å²) in [4.78, 5) is 43.7. The molecule has 0 radical (unpaired) electrons.